The van der Waals surface area contributed by atoms with Crippen LogP contribution < -0.4 is 0 Å². The molecule has 14 heavy (non-hydrogen) atoms. The molecule has 1 fully saturated rings. The summed E-state index contributed by atoms with van der Waals surface area (Å²) >= 11 is 0. The van der Waals surface area contributed by atoms with Crippen LogP contribution >= 0.6 is 0 Å². The van der Waals surface area contributed by atoms with Crippen molar-refractivity contribution in [3.05, 3.63) is 0 Å². The number of hydrogen-bond acceptors (Lipinski definition) is 3. The van der Waals surface area contributed by atoms with Crippen molar-refractivity contribution in [1.29, 1.82) is 0 Å². The highest BCUT2D eigenvalue weighted by Crippen LogP contribution is 2.17. The summed E-state index contributed by atoms with van der Waals surface area (Å²) in [5, 5.41) is 8.71. The van der Waals surface area contributed by atoms with Gasteiger partial charge in [0, 0.05) is 26.1 Å². The first-order valence-electron chi connectivity index (χ1n) is 4.73. The van der Waals surface area contributed by atoms with Gasteiger partial charge in [0.15, 0.2) is 0 Å². The number of likely N-dealkylation sites (tertiary alicyclic amines) is 1. The fourth-order valence-electron chi connectivity index (χ4n) is 1.47. The van der Waals surface area contributed by atoms with Crippen LogP contribution in [0.15, 0.2) is 0 Å². The number of carbonyl (C=O) groups is 2. The molecule has 1 rings (SSSR count). The lowest BCUT2D eigenvalue weighted by Crippen LogP contribution is -2.29. The summed E-state index contributed by atoms with van der Waals surface area (Å²) in [5.74, 6) is -1.52. The Morgan fingerprint density at radius 1 is 1.71 bits per heavy atom. The average Bonchev–Trinajstić information content (AvgIpc) is 2.49. The van der Waals surface area contributed by atoms with E-state index < -0.39 is 11.9 Å². The van der Waals surface area contributed by atoms with Gasteiger partial charge in [-0.3, -0.25) is 9.59 Å². The summed E-state index contributed by atoms with van der Waals surface area (Å²) in [6, 6.07) is 0. The maximum atomic E-state index is 11.3. The zero-order chi connectivity index (χ0) is 10.6. The van der Waals surface area contributed by atoms with E-state index in [9.17, 15) is 9.59 Å². The lowest BCUT2D eigenvalue weighted by molar-refractivity contribution is -0.141. The van der Waals surface area contributed by atoms with E-state index in [1.807, 2.05) is 6.92 Å². The molecule has 0 saturated carbocycles. The highest BCUT2D eigenvalue weighted by Gasteiger charge is 2.33. The number of amides is 1. The molecule has 0 aliphatic carbocycles. The summed E-state index contributed by atoms with van der Waals surface area (Å²) in [7, 11) is 0. The third-order valence-corrected chi connectivity index (χ3v) is 2.27. The van der Waals surface area contributed by atoms with E-state index in [4.69, 9.17) is 9.84 Å². The van der Waals surface area contributed by atoms with E-state index in [0.717, 1.165) is 0 Å². The van der Waals surface area contributed by atoms with Crippen LogP contribution in [0.1, 0.15) is 13.3 Å². The van der Waals surface area contributed by atoms with Gasteiger partial charge < -0.3 is 14.7 Å². The molecular formula is C9H15NO4. The average molecular weight is 201 g/mol. The minimum atomic E-state index is -0.891. The van der Waals surface area contributed by atoms with Crippen LogP contribution in [0.3, 0.4) is 0 Å². The van der Waals surface area contributed by atoms with E-state index >= 15 is 0 Å². The van der Waals surface area contributed by atoms with Crippen molar-refractivity contribution in [2.45, 2.75) is 13.3 Å². The van der Waals surface area contributed by atoms with Crippen molar-refractivity contribution >= 4 is 11.9 Å². The quantitative estimate of drug-likeness (QED) is 0.633. The minimum Gasteiger partial charge on any atom is -0.481 e. The summed E-state index contributed by atoms with van der Waals surface area (Å²) in [4.78, 5) is 23.5. The Kier molecular flexibility index (Phi) is 3.88. The van der Waals surface area contributed by atoms with Crippen LogP contribution in [0.4, 0.5) is 0 Å². The van der Waals surface area contributed by atoms with Crippen molar-refractivity contribution < 1.29 is 19.4 Å². The SMILES string of the molecule is CCOCCN1C[C@H](C(=O)O)CC1=O. The minimum absolute atomic E-state index is 0.0860. The Bertz CT molecular complexity index is 229. The van der Waals surface area contributed by atoms with Gasteiger partial charge in [0.05, 0.1) is 12.5 Å². The van der Waals surface area contributed by atoms with Gasteiger partial charge >= 0.3 is 5.97 Å². The molecule has 5 nitrogen and oxygen atoms in total. The summed E-state index contributed by atoms with van der Waals surface area (Å²) in [6.07, 6.45) is 0.126. The Morgan fingerprint density at radius 3 is 2.93 bits per heavy atom. The Labute approximate surface area is 82.6 Å². The number of carboxylic acid groups (broad SMARTS) is 1. The highest BCUT2D eigenvalue weighted by molar-refractivity contribution is 5.86. The molecule has 1 aliphatic rings. The van der Waals surface area contributed by atoms with Crippen LogP contribution in [0.25, 0.3) is 0 Å². The number of aliphatic carboxylic acids is 1. The monoisotopic (exact) mass is 201 g/mol. The number of ether oxygens (including phenoxy) is 1. The number of carbonyl (C=O) groups excluding carboxylic acids is 1. The normalized spacial score (nSPS) is 21.6. The molecular weight excluding hydrogens is 186 g/mol. The van der Waals surface area contributed by atoms with Crippen LogP contribution in [0.5, 0.6) is 0 Å². The van der Waals surface area contributed by atoms with Crippen molar-refractivity contribution in [2.24, 2.45) is 5.92 Å². The molecule has 80 valence electrons. The smallest absolute Gasteiger partial charge is 0.308 e. The van der Waals surface area contributed by atoms with Gasteiger partial charge in [-0.2, -0.15) is 0 Å². The fourth-order valence-corrected chi connectivity index (χ4v) is 1.47. The second-order valence-corrected chi connectivity index (χ2v) is 3.28. The molecule has 1 saturated heterocycles. The van der Waals surface area contributed by atoms with E-state index in [2.05, 4.69) is 0 Å². The third-order valence-electron chi connectivity index (χ3n) is 2.27. The molecule has 1 aliphatic heterocycles. The van der Waals surface area contributed by atoms with Gasteiger partial charge in [0.1, 0.15) is 0 Å². The molecule has 0 bridgehead atoms. The molecule has 0 aromatic carbocycles. The molecule has 1 N–H and O–H groups in total. The van der Waals surface area contributed by atoms with Gasteiger partial charge in [0.2, 0.25) is 5.91 Å². The molecule has 5 heteroatoms. The first-order chi connectivity index (χ1) is 6.65. The third kappa shape index (κ3) is 2.70. The summed E-state index contributed by atoms with van der Waals surface area (Å²) < 4.78 is 5.10. The lowest BCUT2D eigenvalue weighted by atomic mass is 10.1. The molecule has 1 heterocycles. The molecule has 0 unspecified atom stereocenters. The van der Waals surface area contributed by atoms with Crippen LogP contribution in [-0.2, 0) is 14.3 Å². The predicted molar refractivity (Wildman–Crippen MR) is 48.8 cm³/mol. The molecule has 1 amide bonds. The number of rotatable bonds is 5. The predicted octanol–water partition coefficient (Wildman–Crippen LogP) is -0.0440. The van der Waals surface area contributed by atoms with Crippen molar-refractivity contribution in [2.75, 3.05) is 26.3 Å². The van der Waals surface area contributed by atoms with E-state index in [1.165, 1.54) is 0 Å². The Hall–Kier alpha value is -1.10. The Balaban J connectivity index is 2.33. The number of nitrogens with zero attached hydrogens (tertiary/aromatic N) is 1. The summed E-state index contributed by atoms with van der Waals surface area (Å²) in [6.45, 7) is 3.79. The Morgan fingerprint density at radius 2 is 2.43 bits per heavy atom. The van der Waals surface area contributed by atoms with Crippen LogP contribution in [0.2, 0.25) is 0 Å². The second kappa shape index (κ2) is 4.95. The zero-order valence-electron chi connectivity index (χ0n) is 8.23. The van der Waals surface area contributed by atoms with E-state index in [0.29, 0.717) is 26.3 Å². The molecule has 0 aromatic rings. The van der Waals surface area contributed by atoms with Crippen LogP contribution in [0, 0.1) is 5.92 Å². The first kappa shape index (κ1) is 11.0. The molecule has 1 atom stereocenters. The van der Waals surface area contributed by atoms with Gasteiger partial charge in [-0.15, -0.1) is 0 Å². The van der Waals surface area contributed by atoms with Gasteiger partial charge in [-0.25, -0.2) is 0 Å². The molecule has 0 aromatic heterocycles. The number of carboxylic acids is 1. The van der Waals surface area contributed by atoms with Gasteiger partial charge in [0.25, 0.3) is 0 Å². The fraction of sp³-hybridized carbons (Fsp3) is 0.778. The van der Waals surface area contributed by atoms with Crippen molar-refractivity contribution in [3.8, 4) is 0 Å². The zero-order valence-corrected chi connectivity index (χ0v) is 8.23. The lowest BCUT2D eigenvalue weighted by Gasteiger charge is -2.15. The first-order valence-corrected chi connectivity index (χ1v) is 4.73. The standard InChI is InChI=1S/C9H15NO4/c1-2-14-4-3-10-6-7(9(12)13)5-8(10)11/h7H,2-6H2,1H3,(H,12,13)/t7-/m1/s1. The number of hydrogen-bond donors (Lipinski definition) is 1. The van der Waals surface area contributed by atoms with E-state index in [-0.39, 0.29) is 12.3 Å². The highest BCUT2D eigenvalue weighted by atomic mass is 16.5. The van der Waals surface area contributed by atoms with Gasteiger partial charge in [-0.1, -0.05) is 0 Å². The molecule has 0 radical (unpaired) electrons. The second-order valence-electron chi connectivity index (χ2n) is 3.28. The van der Waals surface area contributed by atoms with Crippen molar-refractivity contribution in [1.82, 2.24) is 4.90 Å². The maximum absolute atomic E-state index is 11.3. The van der Waals surface area contributed by atoms with Crippen LogP contribution in [-0.4, -0.2) is 48.2 Å². The summed E-state index contributed by atoms with van der Waals surface area (Å²) in [5.41, 5.74) is 0. The van der Waals surface area contributed by atoms with Crippen molar-refractivity contribution in [3.63, 3.8) is 0 Å². The topological polar surface area (TPSA) is 66.8 Å². The maximum Gasteiger partial charge on any atom is 0.308 e. The van der Waals surface area contributed by atoms with E-state index in [1.54, 1.807) is 4.90 Å². The van der Waals surface area contributed by atoms with Gasteiger partial charge in [-0.05, 0) is 6.92 Å². The molecule has 0 spiro atoms. The largest absolute Gasteiger partial charge is 0.481 e.